The van der Waals surface area contributed by atoms with Crippen LogP contribution in [0.2, 0.25) is 0 Å². The Labute approximate surface area is 168 Å². The van der Waals surface area contributed by atoms with Crippen molar-refractivity contribution in [3.63, 3.8) is 0 Å². The fraction of sp³-hybridized carbons (Fsp3) is 0.938. The van der Waals surface area contributed by atoms with Crippen LogP contribution >= 0.6 is 24.0 Å². The van der Waals surface area contributed by atoms with E-state index < -0.39 is 9.84 Å². The van der Waals surface area contributed by atoms with Crippen LogP contribution in [0.4, 0.5) is 0 Å². The zero-order valence-corrected chi connectivity index (χ0v) is 18.4. The Bertz CT molecular complexity index is 517. The van der Waals surface area contributed by atoms with Crippen LogP contribution in [-0.4, -0.2) is 71.9 Å². The smallest absolute Gasteiger partial charge is 0.191 e. The minimum Gasteiger partial charge on any atom is -0.379 e. The molecule has 1 heterocycles. The molecule has 0 amide bonds. The van der Waals surface area contributed by atoms with Crippen LogP contribution in [0.1, 0.15) is 32.6 Å². The van der Waals surface area contributed by atoms with E-state index in [0.29, 0.717) is 19.8 Å². The van der Waals surface area contributed by atoms with Crippen molar-refractivity contribution < 1.29 is 17.9 Å². The van der Waals surface area contributed by atoms with E-state index >= 15 is 0 Å². The predicted octanol–water partition coefficient (Wildman–Crippen LogP) is 1.18. The summed E-state index contributed by atoms with van der Waals surface area (Å²) in [5.74, 6) is 0.988. The summed E-state index contributed by atoms with van der Waals surface area (Å²) in [6.45, 7) is 6.35. The molecule has 1 saturated carbocycles. The molecule has 9 heteroatoms. The molecule has 0 aromatic heterocycles. The summed E-state index contributed by atoms with van der Waals surface area (Å²) in [5.41, 5.74) is -0.137. The SMILES string of the molecule is CCNC(=NCC1(CS(C)(=O)=O)CC1)NCCCOC1CCOC1.I. The normalized spacial score (nSPS) is 22.3. The highest BCUT2D eigenvalue weighted by molar-refractivity contribution is 14.0. The maximum Gasteiger partial charge on any atom is 0.191 e. The summed E-state index contributed by atoms with van der Waals surface area (Å²) in [7, 11) is -2.95. The Morgan fingerprint density at radius 2 is 2.12 bits per heavy atom. The van der Waals surface area contributed by atoms with Crippen LogP contribution in [-0.2, 0) is 19.3 Å². The molecule has 2 aliphatic rings. The number of ether oxygens (including phenoxy) is 2. The number of hydrogen-bond acceptors (Lipinski definition) is 5. The molecule has 2 N–H and O–H groups in total. The number of sulfone groups is 1. The first-order valence-corrected chi connectivity index (χ1v) is 10.9. The Morgan fingerprint density at radius 3 is 2.68 bits per heavy atom. The van der Waals surface area contributed by atoms with E-state index in [-0.39, 0.29) is 41.2 Å². The Hall–Kier alpha value is -0.130. The lowest BCUT2D eigenvalue weighted by Crippen LogP contribution is -2.38. The van der Waals surface area contributed by atoms with Gasteiger partial charge in [0.25, 0.3) is 0 Å². The van der Waals surface area contributed by atoms with Crippen LogP contribution in [0.25, 0.3) is 0 Å². The predicted molar refractivity (Wildman–Crippen MR) is 111 cm³/mol. The van der Waals surface area contributed by atoms with Crippen molar-refractivity contribution in [3.8, 4) is 0 Å². The topological polar surface area (TPSA) is 89.0 Å². The van der Waals surface area contributed by atoms with Gasteiger partial charge in [-0.25, -0.2) is 8.42 Å². The van der Waals surface area contributed by atoms with Gasteiger partial charge in [-0.3, -0.25) is 4.99 Å². The highest BCUT2D eigenvalue weighted by Crippen LogP contribution is 2.46. The fourth-order valence-electron chi connectivity index (χ4n) is 2.84. The Morgan fingerprint density at radius 1 is 1.36 bits per heavy atom. The number of guanidine groups is 1. The van der Waals surface area contributed by atoms with Crippen LogP contribution in [0.3, 0.4) is 0 Å². The summed E-state index contributed by atoms with van der Waals surface area (Å²) in [6, 6.07) is 0. The average Bonchev–Trinajstić information content (AvgIpc) is 3.05. The summed E-state index contributed by atoms with van der Waals surface area (Å²) in [6.07, 6.45) is 5.32. The van der Waals surface area contributed by atoms with Gasteiger partial charge in [-0.15, -0.1) is 24.0 Å². The molecule has 1 aliphatic carbocycles. The number of halogens is 1. The van der Waals surface area contributed by atoms with Gasteiger partial charge in [0.1, 0.15) is 9.84 Å². The van der Waals surface area contributed by atoms with Gasteiger partial charge in [0, 0.05) is 44.5 Å². The second kappa shape index (κ2) is 10.9. The third-order valence-electron chi connectivity index (χ3n) is 4.30. The maximum atomic E-state index is 11.5. The maximum absolute atomic E-state index is 11.5. The molecule has 1 aliphatic heterocycles. The van der Waals surface area contributed by atoms with Gasteiger partial charge < -0.3 is 20.1 Å². The lowest BCUT2D eigenvalue weighted by molar-refractivity contribution is 0.0420. The van der Waals surface area contributed by atoms with Gasteiger partial charge in [0.2, 0.25) is 0 Å². The molecule has 0 aromatic carbocycles. The molecule has 0 bridgehead atoms. The molecule has 1 unspecified atom stereocenters. The molecule has 0 aromatic rings. The molecule has 148 valence electrons. The van der Waals surface area contributed by atoms with Crippen LogP contribution in [0.15, 0.2) is 4.99 Å². The average molecular weight is 489 g/mol. The molecule has 25 heavy (non-hydrogen) atoms. The van der Waals surface area contributed by atoms with E-state index in [9.17, 15) is 8.42 Å². The number of hydrogen-bond donors (Lipinski definition) is 2. The van der Waals surface area contributed by atoms with E-state index in [0.717, 1.165) is 51.3 Å². The molecule has 1 saturated heterocycles. The van der Waals surface area contributed by atoms with Gasteiger partial charge in [-0.2, -0.15) is 0 Å². The van der Waals surface area contributed by atoms with Crippen LogP contribution in [0, 0.1) is 5.41 Å². The van der Waals surface area contributed by atoms with Gasteiger partial charge in [-0.1, -0.05) is 0 Å². The first-order chi connectivity index (χ1) is 11.4. The van der Waals surface area contributed by atoms with E-state index in [2.05, 4.69) is 15.6 Å². The fourth-order valence-corrected chi connectivity index (χ4v) is 4.34. The Kier molecular flexibility index (Phi) is 9.97. The molecule has 0 radical (unpaired) electrons. The minimum atomic E-state index is -2.95. The van der Waals surface area contributed by atoms with Crippen molar-refractivity contribution in [1.82, 2.24) is 10.6 Å². The van der Waals surface area contributed by atoms with E-state index in [1.54, 1.807) is 0 Å². The molecule has 7 nitrogen and oxygen atoms in total. The second-order valence-corrected chi connectivity index (χ2v) is 9.04. The van der Waals surface area contributed by atoms with Gasteiger partial charge in [0.15, 0.2) is 5.96 Å². The second-order valence-electron chi connectivity index (χ2n) is 6.90. The molecular weight excluding hydrogens is 457 g/mol. The summed E-state index contributed by atoms with van der Waals surface area (Å²) in [5, 5.41) is 6.49. The minimum absolute atomic E-state index is 0. The van der Waals surface area contributed by atoms with Gasteiger partial charge in [0.05, 0.1) is 18.5 Å². The number of nitrogens with one attached hydrogen (secondary N) is 2. The van der Waals surface area contributed by atoms with E-state index in [1.165, 1.54) is 6.26 Å². The lowest BCUT2D eigenvalue weighted by Gasteiger charge is -2.15. The zero-order chi connectivity index (χ0) is 17.5. The molecule has 1 atom stereocenters. The number of rotatable bonds is 10. The zero-order valence-electron chi connectivity index (χ0n) is 15.3. The number of aliphatic imine (C=N–C) groups is 1. The van der Waals surface area contributed by atoms with Crippen LogP contribution < -0.4 is 10.6 Å². The van der Waals surface area contributed by atoms with Gasteiger partial charge in [-0.05, 0) is 32.6 Å². The first-order valence-electron chi connectivity index (χ1n) is 8.82. The Balaban J connectivity index is 0.00000312. The van der Waals surface area contributed by atoms with Crippen molar-refractivity contribution in [2.24, 2.45) is 10.4 Å². The molecule has 2 fully saturated rings. The van der Waals surface area contributed by atoms with Crippen molar-refractivity contribution >= 4 is 39.8 Å². The molecular formula is C16H32IN3O4S. The molecule has 0 spiro atoms. The largest absolute Gasteiger partial charge is 0.379 e. The third kappa shape index (κ3) is 9.39. The van der Waals surface area contributed by atoms with Gasteiger partial charge >= 0.3 is 0 Å². The highest BCUT2D eigenvalue weighted by atomic mass is 127. The van der Waals surface area contributed by atoms with Crippen molar-refractivity contribution in [1.29, 1.82) is 0 Å². The quantitative estimate of drug-likeness (QED) is 0.207. The van der Waals surface area contributed by atoms with E-state index in [4.69, 9.17) is 9.47 Å². The monoisotopic (exact) mass is 489 g/mol. The highest BCUT2D eigenvalue weighted by Gasteiger charge is 2.45. The molecule has 2 rings (SSSR count). The lowest BCUT2D eigenvalue weighted by atomic mass is 10.1. The van der Waals surface area contributed by atoms with Crippen molar-refractivity contribution in [3.05, 3.63) is 0 Å². The van der Waals surface area contributed by atoms with E-state index in [1.807, 2.05) is 6.92 Å². The van der Waals surface area contributed by atoms with Crippen LogP contribution in [0.5, 0.6) is 0 Å². The summed E-state index contributed by atoms with van der Waals surface area (Å²) >= 11 is 0. The van der Waals surface area contributed by atoms with Crippen molar-refractivity contribution in [2.75, 3.05) is 51.5 Å². The third-order valence-corrected chi connectivity index (χ3v) is 5.43. The summed E-state index contributed by atoms with van der Waals surface area (Å²) < 4.78 is 34.0. The number of nitrogens with zero attached hydrogens (tertiary/aromatic N) is 1. The summed E-state index contributed by atoms with van der Waals surface area (Å²) in [4.78, 5) is 4.58. The standard InChI is InChI=1S/C16H31N3O4S.HI/c1-3-17-15(18-8-4-9-23-14-5-10-22-11-14)19-12-16(6-7-16)13-24(2,20)21;/h14H,3-13H2,1-2H3,(H2,17,18,19);1H. The first kappa shape index (κ1) is 22.9. The van der Waals surface area contributed by atoms with Crippen molar-refractivity contribution in [2.45, 2.75) is 38.7 Å².